The number of hydrogen-bond donors (Lipinski definition) is 1. The minimum absolute atomic E-state index is 0.162. The van der Waals surface area contributed by atoms with Gasteiger partial charge in [-0.3, -0.25) is 0 Å². The zero-order chi connectivity index (χ0) is 14.3. The first-order valence-electron chi connectivity index (χ1n) is 6.84. The molecule has 2 aromatic rings. The van der Waals surface area contributed by atoms with Crippen LogP contribution in [0.25, 0.3) is 10.2 Å². The van der Waals surface area contributed by atoms with Crippen molar-refractivity contribution in [1.29, 1.82) is 0 Å². The molecule has 0 spiro atoms. The van der Waals surface area contributed by atoms with Gasteiger partial charge in [0.1, 0.15) is 10.6 Å². The number of hydrogen-bond acceptors (Lipinski definition) is 6. The molecule has 1 unspecified atom stereocenters. The Labute approximate surface area is 123 Å². The van der Waals surface area contributed by atoms with Crippen molar-refractivity contribution in [1.82, 2.24) is 9.97 Å². The van der Waals surface area contributed by atoms with E-state index < -0.39 is 0 Å². The van der Waals surface area contributed by atoms with Crippen LogP contribution < -0.4 is 10.2 Å². The van der Waals surface area contributed by atoms with Gasteiger partial charge in [-0.15, -0.1) is 11.3 Å². The maximum Gasteiger partial charge on any atom is 0.225 e. The van der Waals surface area contributed by atoms with Crippen LogP contribution in [-0.4, -0.2) is 41.8 Å². The fourth-order valence-electron chi connectivity index (χ4n) is 2.81. The van der Waals surface area contributed by atoms with Gasteiger partial charge in [-0.1, -0.05) is 0 Å². The number of nitrogens with zero attached hydrogens (tertiary/aromatic N) is 3. The molecule has 6 heteroatoms. The molecule has 20 heavy (non-hydrogen) atoms. The molecule has 2 aromatic heterocycles. The molecule has 0 saturated carbocycles. The molecule has 0 aliphatic carbocycles. The number of thiophene rings is 1. The van der Waals surface area contributed by atoms with Crippen molar-refractivity contribution in [3.8, 4) is 0 Å². The van der Waals surface area contributed by atoms with E-state index in [2.05, 4.69) is 52.4 Å². The summed E-state index contributed by atoms with van der Waals surface area (Å²) in [6.45, 7) is 8.05. The number of anilines is 2. The van der Waals surface area contributed by atoms with Gasteiger partial charge in [0.2, 0.25) is 5.95 Å². The summed E-state index contributed by atoms with van der Waals surface area (Å²) in [6.07, 6.45) is 0.195. The fourth-order valence-corrected chi connectivity index (χ4v) is 3.57. The molecule has 0 aromatic carbocycles. The lowest BCUT2D eigenvalue weighted by Crippen LogP contribution is -2.52. The number of rotatable bonds is 2. The van der Waals surface area contributed by atoms with Gasteiger partial charge in [0, 0.05) is 20.1 Å². The van der Waals surface area contributed by atoms with Crippen LogP contribution in [0.2, 0.25) is 0 Å². The van der Waals surface area contributed by atoms with Crippen LogP contribution in [0.5, 0.6) is 0 Å². The van der Waals surface area contributed by atoms with Gasteiger partial charge in [0.15, 0.2) is 0 Å². The van der Waals surface area contributed by atoms with Crippen molar-refractivity contribution in [3.63, 3.8) is 0 Å². The minimum Gasteiger partial charge on any atom is -0.369 e. The summed E-state index contributed by atoms with van der Waals surface area (Å²) in [4.78, 5) is 12.5. The van der Waals surface area contributed by atoms with Crippen LogP contribution in [0.3, 0.4) is 0 Å². The number of ether oxygens (including phenoxy) is 1. The van der Waals surface area contributed by atoms with Gasteiger partial charge in [-0.2, -0.15) is 4.98 Å². The van der Waals surface area contributed by atoms with E-state index in [1.807, 2.05) is 7.05 Å². The van der Waals surface area contributed by atoms with Gasteiger partial charge in [0.25, 0.3) is 0 Å². The van der Waals surface area contributed by atoms with E-state index in [4.69, 9.17) is 4.74 Å². The minimum atomic E-state index is -0.162. The molecule has 3 heterocycles. The number of fused-ring (bicyclic) bond motifs is 1. The van der Waals surface area contributed by atoms with Gasteiger partial charge >= 0.3 is 0 Å². The lowest BCUT2D eigenvalue weighted by Gasteiger charge is -2.42. The quantitative estimate of drug-likeness (QED) is 0.922. The normalized spacial score (nSPS) is 22.2. The lowest BCUT2D eigenvalue weighted by molar-refractivity contribution is -0.0750. The summed E-state index contributed by atoms with van der Waals surface area (Å²) in [7, 11) is 1.85. The molecule has 1 aliphatic rings. The Morgan fingerprint density at radius 3 is 2.95 bits per heavy atom. The summed E-state index contributed by atoms with van der Waals surface area (Å²) < 4.78 is 5.98. The fraction of sp³-hybridized carbons (Fsp3) is 0.571. The maximum absolute atomic E-state index is 5.98. The van der Waals surface area contributed by atoms with Crippen molar-refractivity contribution < 1.29 is 4.74 Å². The number of morpholine rings is 1. The SMILES string of the molecule is CNc1nc(N2CC(C)OC(C)(C)C2)c2ccsc2n1. The third-order valence-electron chi connectivity index (χ3n) is 3.40. The van der Waals surface area contributed by atoms with E-state index in [0.29, 0.717) is 5.95 Å². The van der Waals surface area contributed by atoms with Crippen molar-refractivity contribution in [2.24, 2.45) is 0 Å². The predicted octanol–water partition coefficient (Wildman–Crippen LogP) is 2.74. The predicted molar refractivity (Wildman–Crippen MR) is 83.8 cm³/mol. The average Bonchev–Trinajstić information content (AvgIpc) is 2.82. The highest BCUT2D eigenvalue weighted by Crippen LogP contribution is 2.32. The molecular formula is C14H20N4OS. The highest BCUT2D eigenvalue weighted by molar-refractivity contribution is 7.16. The Morgan fingerprint density at radius 1 is 1.45 bits per heavy atom. The summed E-state index contributed by atoms with van der Waals surface area (Å²) in [6, 6.07) is 2.10. The van der Waals surface area contributed by atoms with Crippen LogP contribution in [0.4, 0.5) is 11.8 Å². The Kier molecular flexibility index (Phi) is 3.30. The van der Waals surface area contributed by atoms with E-state index in [-0.39, 0.29) is 11.7 Å². The second kappa shape index (κ2) is 4.86. The molecule has 1 saturated heterocycles. The van der Waals surface area contributed by atoms with Crippen LogP contribution in [0.1, 0.15) is 20.8 Å². The molecule has 1 atom stereocenters. The molecule has 3 rings (SSSR count). The Balaban J connectivity index is 2.06. The van der Waals surface area contributed by atoms with Gasteiger partial charge in [-0.25, -0.2) is 4.98 Å². The summed E-state index contributed by atoms with van der Waals surface area (Å²) in [5, 5.41) is 6.24. The first-order chi connectivity index (χ1) is 9.48. The average molecular weight is 292 g/mol. The highest BCUT2D eigenvalue weighted by atomic mass is 32.1. The molecule has 5 nitrogen and oxygen atoms in total. The molecule has 1 aliphatic heterocycles. The van der Waals surface area contributed by atoms with E-state index in [1.54, 1.807) is 11.3 Å². The molecule has 1 fully saturated rings. The van der Waals surface area contributed by atoms with Crippen molar-refractivity contribution >= 4 is 33.3 Å². The zero-order valence-corrected chi connectivity index (χ0v) is 13.1. The molecule has 108 valence electrons. The number of nitrogens with one attached hydrogen (secondary N) is 1. The van der Waals surface area contributed by atoms with E-state index in [0.717, 1.165) is 29.1 Å². The second-order valence-electron chi connectivity index (χ2n) is 5.83. The van der Waals surface area contributed by atoms with E-state index in [1.165, 1.54) is 0 Å². The van der Waals surface area contributed by atoms with Crippen molar-refractivity contribution in [2.45, 2.75) is 32.5 Å². The van der Waals surface area contributed by atoms with Gasteiger partial charge < -0.3 is 15.0 Å². The summed E-state index contributed by atoms with van der Waals surface area (Å²) in [5.74, 6) is 1.68. The monoisotopic (exact) mass is 292 g/mol. The molecule has 0 bridgehead atoms. The van der Waals surface area contributed by atoms with Crippen molar-refractivity contribution in [2.75, 3.05) is 30.4 Å². The Morgan fingerprint density at radius 2 is 2.25 bits per heavy atom. The van der Waals surface area contributed by atoms with E-state index in [9.17, 15) is 0 Å². The topological polar surface area (TPSA) is 50.3 Å². The lowest BCUT2D eigenvalue weighted by atomic mass is 10.1. The van der Waals surface area contributed by atoms with E-state index >= 15 is 0 Å². The third kappa shape index (κ3) is 2.45. The first-order valence-corrected chi connectivity index (χ1v) is 7.72. The van der Waals surface area contributed by atoms with Gasteiger partial charge in [-0.05, 0) is 32.2 Å². The molecule has 0 radical (unpaired) electrons. The van der Waals surface area contributed by atoms with Crippen molar-refractivity contribution in [3.05, 3.63) is 11.4 Å². The molecule has 0 amide bonds. The van der Waals surface area contributed by atoms with Crippen LogP contribution in [-0.2, 0) is 4.74 Å². The molecular weight excluding hydrogens is 272 g/mol. The van der Waals surface area contributed by atoms with Crippen LogP contribution >= 0.6 is 11.3 Å². The standard InChI is InChI=1S/C14H20N4OS/c1-9-7-18(8-14(2,3)19-9)11-10-5-6-20-12(10)17-13(15-4)16-11/h5-6,9H,7-8H2,1-4H3,(H,15,16,17). The Bertz CT molecular complexity index is 625. The van der Waals surface area contributed by atoms with Crippen LogP contribution in [0, 0.1) is 0 Å². The summed E-state index contributed by atoms with van der Waals surface area (Å²) in [5.41, 5.74) is -0.162. The Hall–Kier alpha value is -1.40. The summed E-state index contributed by atoms with van der Waals surface area (Å²) >= 11 is 1.65. The van der Waals surface area contributed by atoms with Crippen LogP contribution in [0.15, 0.2) is 11.4 Å². The zero-order valence-electron chi connectivity index (χ0n) is 12.3. The second-order valence-corrected chi connectivity index (χ2v) is 6.72. The first kappa shape index (κ1) is 13.6. The largest absolute Gasteiger partial charge is 0.369 e. The van der Waals surface area contributed by atoms with Gasteiger partial charge in [0.05, 0.1) is 17.1 Å². The number of aromatic nitrogens is 2. The maximum atomic E-state index is 5.98. The molecule has 1 N–H and O–H groups in total. The third-order valence-corrected chi connectivity index (χ3v) is 4.20. The smallest absolute Gasteiger partial charge is 0.225 e. The highest BCUT2D eigenvalue weighted by Gasteiger charge is 2.33.